The largest absolute Gasteiger partial charge is 0.398 e. The molecule has 1 aliphatic rings. The monoisotopic (exact) mass is 296 g/mol. The number of sulfonamides is 1. The summed E-state index contributed by atoms with van der Waals surface area (Å²) in [7, 11) is -3.42. The summed E-state index contributed by atoms with van der Waals surface area (Å²) in [5.74, 6) is 0. The lowest BCUT2D eigenvalue weighted by Gasteiger charge is -2.38. The van der Waals surface area contributed by atoms with Crippen LogP contribution in [0.4, 0.5) is 5.69 Å². The second kappa shape index (κ2) is 5.37. The van der Waals surface area contributed by atoms with E-state index in [1.165, 1.54) is 0 Å². The fourth-order valence-corrected chi connectivity index (χ4v) is 4.37. The third-order valence-electron chi connectivity index (χ3n) is 4.73. The molecule has 112 valence electrons. The molecule has 1 aromatic rings. The van der Waals surface area contributed by atoms with Gasteiger partial charge in [0, 0.05) is 18.8 Å². The van der Waals surface area contributed by atoms with Crippen LogP contribution in [0, 0.1) is 12.3 Å². The second-order valence-electron chi connectivity index (χ2n) is 6.04. The molecule has 2 N–H and O–H groups in total. The van der Waals surface area contributed by atoms with Crippen molar-refractivity contribution >= 4 is 15.7 Å². The van der Waals surface area contributed by atoms with Gasteiger partial charge in [0.2, 0.25) is 10.0 Å². The third kappa shape index (κ3) is 2.69. The van der Waals surface area contributed by atoms with Gasteiger partial charge in [-0.2, -0.15) is 4.31 Å². The fraction of sp³-hybridized carbons (Fsp3) is 0.600. The van der Waals surface area contributed by atoms with E-state index in [0.717, 1.165) is 19.3 Å². The van der Waals surface area contributed by atoms with E-state index >= 15 is 0 Å². The molecule has 1 fully saturated rings. The molecule has 20 heavy (non-hydrogen) atoms. The van der Waals surface area contributed by atoms with E-state index in [9.17, 15) is 8.42 Å². The standard InChI is InChI=1S/C15H24N2O2S/c1-4-15(3)8-10-17(11-9-15)20(18,19)14-7-5-6-13(16)12(14)2/h5-7H,4,8-11,16H2,1-3H3. The molecule has 0 spiro atoms. The number of piperidine rings is 1. The molecule has 1 aromatic carbocycles. The maximum atomic E-state index is 12.7. The smallest absolute Gasteiger partial charge is 0.243 e. The van der Waals surface area contributed by atoms with Crippen LogP contribution in [0.1, 0.15) is 38.7 Å². The molecule has 0 unspecified atom stereocenters. The topological polar surface area (TPSA) is 63.4 Å². The van der Waals surface area contributed by atoms with Gasteiger partial charge in [-0.3, -0.25) is 0 Å². The van der Waals surface area contributed by atoms with Crippen molar-refractivity contribution in [1.82, 2.24) is 4.31 Å². The molecule has 0 aromatic heterocycles. The van der Waals surface area contributed by atoms with Crippen LogP contribution in [0.3, 0.4) is 0 Å². The first-order valence-electron chi connectivity index (χ1n) is 7.15. The molecule has 0 amide bonds. The summed E-state index contributed by atoms with van der Waals surface area (Å²) in [6, 6.07) is 5.09. The van der Waals surface area contributed by atoms with E-state index in [0.29, 0.717) is 29.2 Å². The molecule has 0 atom stereocenters. The Kier molecular flexibility index (Phi) is 4.12. The Balaban J connectivity index is 2.27. The Labute approximate surface area is 122 Å². The lowest BCUT2D eigenvalue weighted by molar-refractivity contribution is 0.169. The average Bonchev–Trinajstić information content (AvgIpc) is 2.42. The van der Waals surface area contributed by atoms with Gasteiger partial charge < -0.3 is 5.73 Å². The van der Waals surface area contributed by atoms with Crippen LogP contribution >= 0.6 is 0 Å². The number of hydrogen-bond donors (Lipinski definition) is 1. The lowest BCUT2D eigenvalue weighted by atomic mass is 9.79. The van der Waals surface area contributed by atoms with Crippen molar-refractivity contribution in [2.24, 2.45) is 5.41 Å². The summed E-state index contributed by atoms with van der Waals surface area (Å²) in [5, 5.41) is 0. The summed E-state index contributed by atoms with van der Waals surface area (Å²) in [5.41, 5.74) is 7.28. The number of nitrogens with zero attached hydrogens (tertiary/aromatic N) is 1. The van der Waals surface area contributed by atoms with Crippen molar-refractivity contribution in [2.45, 2.75) is 44.9 Å². The molecule has 2 rings (SSSR count). The number of anilines is 1. The highest BCUT2D eigenvalue weighted by Crippen LogP contribution is 2.36. The van der Waals surface area contributed by atoms with Crippen LogP contribution in [0.2, 0.25) is 0 Å². The number of rotatable bonds is 3. The van der Waals surface area contributed by atoms with Crippen LogP contribution in [-0.2, 0) is 10.0 Å². The Morgan fingerprint density at radius 3 is 2.45 bits per heavy atom. The van der Waals surface area contributed by atoms with Crippen LogP contribution < -0.4 is 5.73 Å². The average molecular weight is 296 g/mol. The maximum Gasteiger partial charge on any atom is 0.243 e. The predicted molar refractivity (Wildman–Crippen MR) is 82.0 cm³/mol. The van der Waals surface area contributed by atoms with Gasteiger partial charge in [-0.05, 0) is 42.9 Å². The van der Waals surface area contributed by atoms with Gasteiger partial charge in [-0.15, -0.1) is 0 Å². The molecular weight excluding hydrogens is 272 g/mol. The van der Waals surface area contributed by atoms with Crippen LogP contribution in [0.5, 0.6) is 0 Å². The second-order valence-corrected chi connectivity index (χ2v) is 7.95. The summed E-state index contributed by atoms with van der Waals surface area (Å²) in [6.07, 6.45) is 2.94. The van der Waals surface area contributed by atoms with Crippen molar-refractivity contribution in [3.05, 3.63) is 23.8 Å². The van der Waals surface area contributed by atoms with Crippen molar-refractivity contribution in [1.29, 1.82) is 0 Å². The van der Waals surface area contributed by atoms with E-state index < -0.39 is 10.0 Å². The molecule has 0 radical (unpaired) electrons. The van der Waals surface area contributed by atoms with Gasteiger partial charge in [0.05, 0.1) is 4.90 Å². The Hall–Kier alpha value is -1.07. The highest BCUT2D eigenvalue weighted by molar-refractivity contribution is 7.89. The van der Waals surface area contributed by atoms with Gasteiger partial charge in [0.25, 0.3) is 0 Å². The van der Waals surface area contributed by atoms with E-state index in [1.54, 1.807) is 29.4 Å². The van der Waals surface area contributed by atoms with E-state index in [1.807, 2.05) is 0 Å². The van der Waals surface area contributed by atoms with Crippen LogP contribution in [-0.4, -0.2) is 25.8 Å². The fourth-order valence-electron chi connectivity index (χ4n) is 2.67. The summed E-state index contributed by atoms with van der Waals surface area (Å²) >= 11 is 0. The Morgan fingerprint density at radius 1 is 1.30 bits per heavy atom. The first-order chi connectivity index (χ1) is 9.30. The molecule has 4 nitrogen and oxygen atoms in total. The highest BCUT2D eigenvalue weighted by atomic mass is 32.2. The maximum absolute atomic E-state index is 12.7. The Morgan fingerprint density at radius 2 is 1.90 bits per heavy atom. The first kappa shape index (κ1) is 15.3. The number of nitrogens with two attached hydrogens (primary N) is 1. The molecular formula is C15H24N2O2S. The lowest BCUT2D eigenvalue weighted by Crippen LogP contribution is -2.42. The number of nitrogen functional groups attached to an aromatic ring is 1. The molecule has 1 aliphatic heterocycles. The van der Waals surface area contributed by atoms with E-state index in [4.69, 9.17) is 5.73 Å². The number of hydrogen-bond acceptors (Lipinski definition) is 3. The van der Waals surface area contributed by atoms with Crippen LogP contribution in [0.15, 0.2) is 23.1 Å². The third-order valence-corrected chi connectivity index (χ3v) is 6.77. The van der Waals surface area contributed by atoms with Gasteiger partial charge in [0.1, 0.15) is 0 Å². The summed E-state index contributed by atoms with van der Waals surface area (Å²) in [6.45, 7) is 7.37. The zero-order valence-corrected chi connectivity index (χ0v) is 13.3. The highest BCUT2D eigenvalue weighted by Gasteiger charge is 2.34. The summed E-state index contributed by atoms with van der Waals surface area (Å²) < 4.78 is 27.1. The van der Waals surface area contributed by atoms with Crippen molar-refractivity contribution in [3.8, 4) is 0 Å². The van der Waals surface area contributed by atoms with Gasteiger partial charge >= 0.3 is 0 Å². The molecule has 5 heteroatoms. The van der Waals surface area contributed by atoms with E-state index in [2.05, 4.69) is 13.8 Å². The number of benzene rings is 1. The zero-order valence-electron chi connectivity index (χ0n) is 12.5. The quantitative estimate of drug-likeness (QED) is 0.872. The minimum Gasteiger partial charge on any atom is -0.398 e. The SMILES string of the molecule is CCC1(C)CCN(S(=O)(=O)c2cccc(N)c2C)CC1. The predicted octanol–water partition coefficient (Wildman–Crippen LogP) is 2.78. The van der Waals surface area contributed by atoms with Gasteiger partial charge in [-0.1, -0.05) is 26.3 Å². The molecule has 0 saturated carbocycles. The Bertz CT molecular complexity index is 588. The minimum atomic E-state index is -3.42. The van der Waals surface area contributed by atoms with Crippen molar-refractivity contribution < 1.29 is 8.42 Å². The van der Waals surface area contributed by atoms with Crippen LogP contribution in [0.25, 0.3) is 0 Å². The molecule has 1 saturated heterocycles. The molecule has 1 heterocycles. The van der Waals surface area contributed by atoms with Crippen molar-refractivity contribution in [3.63, 3.8) is 0 Å². The first-order valence-corrected chi connectivity index (χ1v) is 8.59. The van der Waals surface area contributed by atoms with Crippen molar-refractivity contribution in [2.75, 3.05) is 18.8 Å². The zero-order chi connectivity index (χ0) is 15.0. The van der Waals surface area contributed by atoms with Gasteiger partial charge in [-0.25, -0.2) is 8.42 Å². The molecule has 0 aliphatic carbocycles. The molecule has 0 bridgehead atoms. The normalized spacial score (nSPS) is 19.9. The van der Waals surface area contributed by atoms with E-state index in [-0.39, 0.29) is 5.41 Å². The van der Waals surface area contributed by atoms with Gasteiger partial charge in [0.15, 0.2) is 0 Å². The minimum absolute atomic E-state index is 0.275. The summed E-state index contributed by atoms with van der Waals surface area (Å²) in [4.78, 5) is 0.345.